The standard InChI is InChI=1S/C20H27BN4O6/c1-30-13-17(24-19(26)16-12-22-9-10-23-16)20(27)25-18(21(28)29)8-4-6-14-5-3-7-15(11-14)31-2/h3,5,7,9-12,17-18,28-29H,4,6,8,13H2,1-2H3,(H,24,26)(H,25,27)/t17?,18-/m0/s1. The van der Waals surface area contributed by atoms with Crippen LogP contribution in [0.2, 0.25) is 0 Å². The predicted molar refractivity (Wildman–Crippen MR) is 113 cm³/mol. The highest BCUT2D eigenvalue weighted by atomic mass is 16.5. The quantitative estimate of drug-likeness (QED) is 0.338. The van der Waals surface area contributed by atoms with Crippen molar-refractivity contribution < 1.29 is 29.1 Å². The predicted octanol–water partition coefficient (Wildman–Crippen LogP) is -0.250. The Bertz CT molecular complexity index is 839. The molecule has 1 aromatic heterocycles. The number of aromatic nitrogens is 2. The third-order valence-corrected chi connectivity index (χ3v) is 4.55. The minimum absolute atomic E-state index is 0.0495. The van der Waals surface area contributed by atoms with Crippen LogP contribution in [-0.4, -0.2) is 71.8 Å². The Morgan fingerprint density at radius 1 is 1.19 bits per heavy atom. The number of hydrogen-bond donors (Lipinski definition) is 4. The molecule has 2 aromatic rings. The minimum Gasteiger partial charge on any atom is -0.497 e. The molecule has 1 unspecified atom stereocenters. The second-order valence-electron chi connectivity index (χ2n) is 6.84. The molecule has 2 amide bonds. The van der Waals surface area contributed by atoms with Crippen LogP contribution in [0.15, 0.2) is 42.9 Å². The van der Waals surface area contributed by atoms with E-state index in [2.05, 4.69) is 20.6 Å². The third-order valence-electron chi connectivity index (χ3n) is 4.55. The molecule has 0 saturated carbocycles. The number of methoxy groups -OCH3 is 2. The van der Waals surface area contributed by atoms with E-state index in [1.807, 2.05) is 24.3 Å². The van der Waals surface area contributed by atoms with Gasteiger partial charge in [0.2, 0.25) is 5.91 Å². The zero-order valence-electron chi connectivity index (χ0n) is 17.5. The molecular formula is C20H27BN4O6. The first-order valence-electron chi connectivity index (χ1n) is 9.79. The number of nitrogens with one attached hydrogen (secondary N) is 2. The molecule has 1 aromatic carbocycles. The molecule has 0 saturated heterocycles. The fourth-order valence-electron chi connectivity index (χ4n) is 2.93. The summed E-state index contributed by atoms with van der Waals surface area (Å²) in [5, 5.41) is 24.5. The topological polar surface area (TPSA) is 143 Å². The van der Waals surface area contributed by atoms with Gasteiger partial charge < -0.3 is 30.2 Å². The number of carbonyl (C=O) groups excluding carboxylic acids is 2. The number of ether oxygens (including phenoxy) is 2. The fraction of sp³-hybridized carbons (Fsp3) is 0.400. The number of amides is 2. The second-order valence-corrected chi connectivity index (χ2v) is 6.84. The monoisotopic (exact) mass is 430 g/mol. The largest absolute Gasteiger partial charge is 0.497 e. The Morgan fingerprint density at radius 2 is 2.00 bits per heavy atom. The van der Waals surface area contributed by atoms with Gasteiger partial charge in [0, 0.05) is 19.5 Å². The van der Waals surface area contributed by atoms with Crippen molar-refractivity contribution in [1.29, 1.82) is 0 Å². The number of hydrogen-bond acceptors (Lipinski definition) is 8. The first-order valence-corrected chi connectivity index (χ1v) is 9.79. The van der Waals surface area contributed by atoms with Crippen molar-refractivity contribution >= 4 is 18.9 Å². The van der Waals surface area contributed by atoms with Crippen molar-refractivity contribution in [1.82, 2.24) is 20.6 Å². The van der Waals surface area contributed by atoms with Crippen LogP contribution in [0.5, 0.6) is 5.75 Å². The molecule has 2 atom stereocenters. The van der Waals surface area contributed by atoms with Gasteiger partial charge in [-0.3, -0.25) is 14.6 Å². The summed E-state index contributed by atoms with van der Waals surface area (Å²) >= 11 is 0. The zero-order valence-corrected chi connectivity index (χ0v) is 17.5. The average molecular weight is 430 g/mol. The Hall–Kier alpha value is -3.02. The molecule has 0 fully saturated rings. The van der Waals surface area contributed by atoms with Crippen LogP contribution in [0.3, 0.4) is 0 Å². The summed E-state index contributed by atoms with van der Waals surface area (Å²) in [6.07, 6.45) is 5.64. The van der Waals surface area contributed by atoms with E-state index < -0.39 is 30.9 Å². The molecule has 0 spiro atoms. The fourth-order valence-corrected chi connectivity index (χ4v) is 2.93. The summed E-state index contributed by atoms with van der Waals surface area (Å²) in [6, 6.07) is 6.53. The highest BCUT2D eigenvalue weighted by molar-refractivity contribution is 6.43. The van der Waals surface area contributed by atoms with Gasteiger partial charge in [-0.15, -0.1) is 0 Å². The molecule has 0 aliphatic rings. The minimum atomic E-state index is -1.76. The lowest BCUT2D eigenvalue weighted by Crippen LogP contribution is -2.55. The van der Waals surface area contributed by atoms with E-state index in [0.29, 0.717) is 19.3 Å². The molecule has 31 heavy (non-hydrogen) atoms. The lowest BCUT2D eigenvalue weighted by molar-refractivity contribution is -0.124. The van der Waals surface area contributed by atoms with Crippen molar-refractivity contribution in [2.24, 2.45) is 0 Å². The van der Waals surface area contributed by atoms with Gasteiger partial charge >= 0.3 is 7.12 Å². The van der Waals surface area contributed by atoms with Crippen LogP contribution in [0.4, 0.5) is 0 Å². The first kappa shape index (κ1) is 24.3. The smallest absolute Gasteiger partial charge is 0.475 e. The molecule has 0 radical (unpaired) electrons. The zero-order chi connectivity index (χ0) is 22.6. The molecule has 166 valence electrons. The highest BCUT2D eigenvalue weighted by Crippen LogP contribution is 2.15. The van der Waals surface area contributed by atoms with E-state index in [1.165, 1.54) is 25.7 Å². The maximum absolute atomic E-state index is 12.7. The van der Waals surface area contributed by atoms with Gasteiger partial charge in [-0.05, 0) is 37.0 Å². The summed E-state index contributed by atoms with van der Waals surface area (Å²) in [6.45, 7) is -0.101. The van der Waals surface area contributed by atoms with E-state index in [9.17, 15) is 19.6 Å². The maximum atomic E-state index is 12.7. The van der Waals surface area contributed by atoms with Crippen LogP contribution in [0.25, 0.3) is 0 Å². The maximum Gasteiger partial charge on any atom is 0.475 e. The Balaban J connectivity index is 1.93. The van der Waals surface area contributed by atoms with E-state index in [1.54, 1.807) is 7.11 Å². The van der Waals surface area contributed by atoms with Crippen molar-refractivity contribution in [2.45, 2.75) is 31.2 Å². The van der Waals surface area contributed by atoms with Crippen molar-refractivity contribution in [2.75, 3.05) is 20.8 Å². The van der Waals surface area contributed by atoms with Gasteiger partial charge in [0.1, 0.15) is 17.5 Å². The van der Waals surface area contributed by atoms with Crippen molar-refractivity contribution in [3.8, 4) is 5.75 Å². The summed E-state index contributed by atoms with van der Waals surface area (Å²) in [5.41, 5.74) is 1.08. The Kier molecular flexibility index (Phi) is 9.88. The molecule has 10 nitrogen and oxygen atoms in total. The lowest BCUT2D eigenvalue weighted by atomic mass is 9.76. The molecule has 2 rings (SSSR count). The SMILES string of the molecule is COCC(NC(=O)c1cnccn1)C(=O)N[C@@H](CCCc1cccc(OC)c1)B(O)O. The van der Waals surface area contributed by atoms with Crippen LogP contribution < -0.4 is 15.4 Å². The Labute approximate surface area is 181 Å². The summed E-state index contributed by atoms with van der Waals surface area (Å²) < 4.78 is 10.2. The Morgan fingerprint density at radius 3 is 2.65 bits per heavy atom. The van der Waals surface area contributed by atoms with Gasteiger partial charge in [0.25, 0.3) is 5.91 Å². The molecule has 0 bridgehead atoms. The van der Waals surface area contributed by atoms with Crippen LogP contribution in [0.1, 0.15) is 28.9 Å². The summed E-state index contributed by atoms with van der Waals surface area (Å²) in [4.78, 5) is 32.6. The van der Waals surface area contributed by atoms with Crippen LogP contribution in [0, 0.1) is 0 Å². The number of aryl methyl sites for hydroxylation is 1. The molecule has 4 N–H and O–H groups in total. The molecule has 0 aliphatic heterocycles. The van der Waals surface area contributed by atoms with E-state index in [0.717, 1.165) is 11.3 Å². The summed E-state index contributed by atoms with van der Waals surface area (Å²) in [5.74, 6) is -1.36. The van der Waals surface area contributed by atoms with Gasteiger partial charge in [0.15, 0.2) is 0 Å². The average Bonchev–Trinajstić information content (AvgIpc) is 2.78. The molecule has 0 aliphatic carbocycles. The van der Waals surface area contributed by atoms with Gasteiger partial charge in [0.05, 0.1) is 25.9 Å². The summed E-state index contributed by atoms with van der Waals surface area (Å²) in [7, 11) is 1.22. The first-order chi connectivity index (χ1) is 14.9. The van der Waals surface area contributed by atoms with E-state index >= 15 is 0 Å². The lowest BCUT2D eigenvalue weighted by Gasteiger charge is -2.22. The normalized spacial score (nSPS) is 12.5. The second kappa shape index (κ2) is 12.6. The molecule has 11 heteroatoms. The van der Waals surface area contributed by atoms with Crippen molar-refractivity contribution in [3.63, 3.8) is 0 Å². The van der Waals surface area contributed by atoms with Crippen LogP contribution in [-0.2, 0) is 16.0 Å². The van der Waals surface area contributed by atoms with Crippen molar-refractivity contribution in [3.05, 3.63) is 54.1 Å². The third kappa shape index (κ3) is 7.97. The van der Waals surface area contributed by atoms with Gasteiger partial charge in [-0.1, -0.05) is 12.1 Å². The highest BCUT2D eigenvalue weighted by Gasteiger charge is 2.29. The molecule has 1 heterocycles. The van der Waals surface area contributed by atoms with E-state index in [4.69, 9.17) is 9.47 Å². The van der Waals surface area contributed by atoms with Gasteiger partial charge in [-0.2, -0.15) is 0 Å². The number of benzene rings is 1. The van der Waals surface area contributed by atoms with Gasteiger partial charge in [-0.25, -0.2) is 4.98 Å². The van der Waals surface area contributed by atoms with E-state index in [-0.39, 0.29) is 12.3 Å². The number of rotatable bonds is 12. The van der Waals surface area contributed by atoms with Crippen LogP contribution >= 0.6 is 0 Å². The molecular weight excluding hydrogens is 403 g/mol. The number of nitrogens with zero attached hydrogens (tertiary/aromatic N) is 2. The number of carbonyl (C=O) groups is 2.